The molecule has 1 aromatic heterocycles. The SMILES string of the molecule is Clc1cc(Br)cnc1N1CCCNCC1. The Bertz CT molecular complexity index is 337. The van der Waals surface area contributed by atoms with Crippen molar-refractivity contribution in [3.05, 3.63) is 21.8 Å². The molecule has 2 heterocycles. The van der Waals surface area contributed by atoms with Crippen LogP contribution in [0.4, 0.5) is 5.82 Å². The van der Waals surface area contributed by atoms with Gasteiger partial charge in [0.2, 0.25) is 0 Å². The van der Waals surface area contributed by atoms with Crippen molar-refractivity contribution in [2.24, 2.45) is 0 Å². The van der Waals surface area contributed by atoms with Crippen LogP contribution in [-0.2, 0) is 0 Å². The van der Waals surface area contributed by atoms with E-state index >= 15 is 0 Å². The third kappa shape index (κ3) is 2.83. The average molecular weight is 291 g/mol. The number of hydrogen-bond acceptors (Lipinski definition) is 3. The quantitative estimate of drug-likeness (QED) is 0.860. The van der Waals surface area contributed by atoms with E-state index in [4.69, 9.17) is 11.6 Å². The molecule has 15 heavy (non-hydrogen) atoms. The van der Waals surface area contributed by atoms with E-state index in [1.54, 1.807) is 6.20 Å². The molecule has 0 radical (unpaired) electrons. The second-order valence-electron chi connectivity index (χ2n) is 3.55. The molecule has 0 saturated carbocycles. The summed E-state index contributed by atoms with van der Waals surface area (Å²) in [4.78, 5) is 6.59. The summed E-state index contributed by atoms with van der Waals surface area (Å²) in [5.74, 6) is 0.892. The molecule has 0 atom stereocenters. The Labute approximate surface area is 103 Å². The predicted octanol–water partition coefficient (Wildman–Crippen LogP) is 2.30. The Kier molecular flexibility index (Phi) is 3.83. The van der Waals surface area contributed by atoms with Crippen LogP contribution in [0.2, 0.25) is 5.02 Å². The molecule has 1 N–H and O–H groups in total. The van der Waals surface area contributed by atoms with E-state index in [-0.39, 0.29) is 0 Å². The van der Waals surface area contributed by atoms with E-state index in [1.807, 2.05) is 6.07 Å². The molecule has 1 aliphatic heterocycles. The van der Waals surface area contributed by atoms with Gasteiger partial charge in [-0.05, 0) is 35.0 Å². The maximum atomic E-state index is 6.16. The lowest BCUT2D eigenvalue weighted by Crippen LogP contribution is -2.28. The first kappa shape index (κ1) is 11.2. The van der Waals surface area contributed by atoms with Gasteiger partial charge in [-0.3, -0.25) is 0 Å². The fourth-order valence-corrected chi connectivity index (χ4v) is 2.45. The molecule has 1 aromatic rings. The number of halogens is 2. The van der Waals surface area contributed by atoms with Gasteiger partial charge in [0.1, 0.15) is 5.82 Å². The predicted molar refractivity (Wildman–Crippen MR) is 66.6 cm³/mol. The highest BCUT2D eigenvalue weighted by Gasteiger charge is 2.13. The Morgan fingerprint density at radius 3 is 3.07 bits per heavy atom. The third-order valence-corrected chi connectivity index (χ3v) is 3.14. The van der Waals surface area contributed by atoms with Gasteiger partial charge < -0.3 is 10.2 Å². The van der Waals surface area contributed by atoms with Crippen molar-refractivity contribution >= 4 is 33.3 Å². The maximum Gasteiger partial charge on any atom is 0.147 e. The highest BCUT2D eigenvalue weighted by molar-refractivity contribution is 9.10. The number of hydrogen-bond donors (Lipinski definition) is 1. The normalized spacial score (nSPS) is 17.6. The summed E-state index contributed by atoms with van der Waals surface area (Å²) in [6.45, 7) is 4.05. The summed E-state index contributed by atoms with van der Waals surface area (Å²) in [6, 6.07) is 1.89. The first-order valence-corrected chi connectivity index (χ1v) is 6.21. The standard InChI is InChI=1S/C10H13BrClN3/c11-8-6-9(12)10(14-7-8)15-4-1-2-13-3-5-15/h6-7,13H,1-5H2. The van der Waals surface area contributed by atoms with Crippen LogP contribution in [0.1, 0.15) is 6.42 Å². The first-order valence-electron chi connectivity index (χ1n) is 5.04. The smallest absolute Gasteiger partial charge is 0.147 e. The minimum absolute atomic E-state index is 0.714. The van der Waals surface area contributed by atoms with Gasteiger partial charge in [0, 0.05) is 30.3 Å². The Balaban J connectivity index is 2.19. The van der Waals surface area contributed by atoms with E-state index in [1.165, 1.54) is 0 Å². The van der Waals surface area contributed by atoms with Crippen LogP contribution in [0.25, 0.3) is 0 Å². The van der Waals surface area contributed by atoms with Crippen LogP contribution in [0, 0.1) is 0 Å². The molecule has 5 heteroatoms. The Morgan fingerprint density at radius 1 is 1.40 bits per heavy atom. The maximum absolute atomic E-state index is 6.16. The molecular weight excluding hydrogens is 277 g/mol. The molecule has 0 amide bonds. The van der Waals surface area contributed by atoms with Gasteiger partial charge in [-0.2, -0.15) is 0 Å². The highest BCUT2D eigenvalue weighted by atomic mass is 79.9. The Hall–Kier alpha value is -0.320. The van der Waals surface area contributed by atoms with Gasteiger partial charge in [0.25, 0.3) is 0 Å². The van der Waals surface area contributed by atoms with E-state index < -0.39 is 0 Å². The summed E-state index contributed by atoms with van der Waals surface area (Å²) in [5, 5.41) is 4.07. The fourth-order valence-electron chi connectivity index (χ4n) is 1.70. The van der Waals surface area contributed by atoms with Gasteiger partial charge in [0.15, 0.2) is 0 Å². The molecular formula is C10H13BrClN3. The van der Waals surface area contributed by atoms with E-state index in [9.17, 15) is 0 Å². The van der Waals surface area contributed by atoms with Crippen LogP contribution in [0.15, 0.2) is 16.7 Å². The number of pyridine rings is 1. The highest BCUT2D eigenvalue weighted by Crippen LogP contribution is 2.26. The summed E-state index contributed by atoms with van der Waals surface area (Å²) in [5.41, 5.74) is 0. The lowest BCUT2D eigenvalue weighted by atomic mass is 10.3. The lowest BCUT2D eigenvalue weighted by molar-refractivity contribution is 0.724. The fraction of sp³-hybridized carbons (Fsp3) is 0.500. The van der Waals surface area contributed by atoms with Crippen molar-refractivity contribution < 1.29 is 0 Å². The number of aromatic nitrogens is 1. The average Bonchev–Trinajstić information content (AvgIpc) is 2.46. The van der Waals surface area contributed by atoms with Gasteiger partial charge in [-0.25, -0.2) is 4.98 Å². The number of anilines is 1. The van der Waals surface area contributed by atoms with E-state index in [0.29, 0.717) is 5.02 Å². The third-order valence-electron chi connectivity index (χ3n) is 2.43. The molecule has 0 aliphatic carbocycles. The zero-order chi connectivity index (χ0) is 10.7. The van der Waals surface area contributed by atoms with Crippen molar-refractivity contribution in [3.63, 3.8) is 0 Å². The van der Waals surface area contributed by atoms with Crippen molar-refractivity contribution in [1.82, 2.24) is 10.3 Å². The van der Waals surface area contributed by atoms with E-state index in [2.05, 4.69) is 31.1 Å². The minimum atomic E-state index is 0.714. The van der Waals surface area contributed by atoms with Gasteiger partial charge >= 0.3 is 0 Å². The van der Waals surface area contributed by atoms with Crippen LogP contribution in [-0.4, -0.2) is 31.2 Å². The molecule has 0 unspecified atom stereocenters. The summed E-state index contributed by atoms with van der Waals surface area (Å²) in [7, 11) is 0. The van der Waals surface area contributed by atoms with Crippen molar-refractivity contribution in [3.8, 4) is 0 Å². The summed E-state index contributed by atoms with van der Waals surface area (Å²) in [6.07, 6.45) is 2.92. The second-order valence-corrected chi connectivity index (χ2v) is 4.87. The van der Waals surface area contributed by atoms with Crippen LogP contribution >= 0.6 is 27.5 Å². The molecule has 82 valence electrons. The zero-order valence-electron chi connectivity index (χ0n) is 8.34. The molecule has 0 spiro atoms. The van der Waals surface area contributed by atoms with Gasteiger partial charge in [0.05, 0.1) is 5.02 Å². The molecule has 1 saturated heterocycles. The first-order chi connectivity index (χ1) is 7.27. The van der Waals surface area contributed by atoms with Gasteiger partial charge in [-0.15, -0.1) is 0 Å². The minimum Gasteiger partial charge on any atom is -0.354 e. The number of nitrogens with one attached hydrogen (secondary N) is 1. The molecule has 1 fully saturated rings. The summed E-state index contributed by atoms with van der Waals surface area (Å²) < 4.78 is 0.921. The monoisotopic (exact) mass is 289 g/mol. The number of nitrogens with zero attached hydrogens (tertiary/aromatic N) is 2. The topological polar surface area (TPSA) is 28.2 Å². The van der Waals surface area contributed by atoms with Gasteiger partial charge in [-0.1, -0.05) is 11.6 Å². The van der Waals surface area contributed by atoms with Crippen LogP contribution in [0.5, 0.6) is 0 Å². The Morgan fingerprint density at radius 2 is 2.27 bits per heavy atom. The van der Waals surface area contributed by atoms with E-state index in [0.717, 1.165) is 42.9 Å². The molecule has 0 bridgehead atoms. The molecule has 3 nitrogen and oxygen atoms in total. The van der Waals surface area contributed by atoms with Crippen LogP contribution < -0.4 is 10.2 Å². The summed E-state index contributed by atoms with van der Waals surface area (Å²) >= 11 is 9.52. The molecule has 2 rings (SSSR count). The lowest BCUT2D eigenvalue weighted by Gasteiger charge is -2.21. The van der Waals surface area contributed by atoms with Crippen LogP contribution in [0.3, 0.4) is 0 Å². The molecule has 0 aromatic carbocycles. The molecule has 1 aliphatic rings. The number of rotatable bonds is 1. The second kappa shape index (κ2) is 5.14. The largest absolute Gasteiger partial charge is 0.354 e. The van der Waals surface area contributed by atoms with Crippen molar-refractivity contribution in [1.29, 1.82) is 0 Å². The van der Waals surface area contributed by atoms with Crippen molar-refractivity contribution in [2.75, 3.05) is 31.1 Å². The zero-order valence-corrected chi connectivity index (χ0v) is 10.7. The van der Waals surface area contributed by atoms with Crippen molar-refractivity contribution in [2.45, 2.75) is 6.42 Å².